The molecule has 1 aromatic rings. The van der Waals surface area contributed by atoms with Crippen LogP contribution in [0.25, 0.3) is 0 Å². The van der Waals surface area contributed by atoms with E-state index in [4.69, 9.17) is 4.74 Å². The van der Waals surface area contributed by atoms with E-state index in [9.17, 15) is 20.4 Å². The highest BCUT2D eigenvalue weighted by Gasteiger charge is 2.48. The van der Waals surface area contributed by atoms with Crippen molar-refractivity contribution in [2.24, 2.45) is 0 Å². The predicted molar refractivity (Wildman–Crippen MR) is 80.3 cm³/mol. The number of hydrogen-bond acceptors (Lipinski definition) is 6. The molecule has 7 heteroatoms. The molecule has 3 heterocycles. The molecule has 1 aromatic heterocycles. The lowest BCUT2D eigenvalue weighted by molar-refractivity contribution is -0.778. The van der Waals surface area contributed by atoms with Gasteiger partial charge in [-0.1, -0.05) is 0 Å². The smallest absolute Gasteiger partial charge is 0.292 e. The van der Waals surface area contributed by atoms with Crippen LogP contribution in [0.3, 0.4) is 0 Å². The van der Waals surface area contributed by atoms with Crippen LogP contribution in [0.1, 0.15) is 30.7 Å². The Morgan fingerprint density at radius 2 is 2.04 bits per heavy atom. The summed E-state index contributed by atoms with van der Waals surface area (Å²) < 4.78 is 7.30. The zero-order valence-corrected chi connectivity index (χ0v) is 13.2. The van der Waals surface area contributed by atoms with Gasteiger partial charge in [-0.05, 0) is 32.5 Å². The highest BCUT2D eigenvalue weighted by atomic mass is 16.6. The van der Waals surface area contributed by atoms with Gasteiger partial charge in [-0.15, -0.1) is 0 Å². The van der Waals surface area contributed by atoms with Gasteiger partial charge in [0.15, 0.2) is 18.5 Å². The second-order valence-corrected chi connectivity index (χ2v) is 6.44. The Hall–Kier alpha value is -1.09. The topological polar surface area (TPSA) is 97.3 Å². The lowest BCUT2D eigenvalue weighted by Crippen LogP contribution is -2.62. The molecule has 2 saturated heterocycles. The molecular weight excluding hydrogens is 300 g/mol. The van der Waals surface area contributed by atoms with Gasteiger partial charge in [-0.25, -0.2) is 0 Å². The van der Waals surface area contributed by atoms with Gasteiger partial charge in [0.1, 0.15) is 18.3 Å². The minimum absolute atomic E-state index is 0.326. The third kappa shape index (κ3) is 3.13. The van der Waals surface area contributed by atoms with Crippen LogP contribution >= 0.6 is 0 Å². The Morgan fingerprint density at radius 1 is 1.26 bits per heavy atom. The van der Waals surface area contributed by atoms with Crippen LogP contribution in [0.2, 0.25) is 0 Å². The van der Waals surface area contributed by atoms with Gasteiger partial charge in [0.2, 0.25) is 0 Å². The molecule has 3 rings (SSSR count). The molecule has 6 atom stereocenters. The Balaban J connectivity index is 1.85. The molecule has 2 fully saturated rings. The molecule has 23 heavy (non-hydrogen) atoms. The number of likely N-dealkylation sites (tertiary alicyclic amines) is 1. The quantitative estimate of drug-likeness (QED) is 0.517. The zero-order chi connectivity index (χ0) is 16.6. The summed E-state index contributed by atoms with van der Waals surface area (Å²) in [7, 11) is 2.09. The summed E-state index contributed by atoms with van der Waals surface area (Å²) in [5.74, 6) is 0. The van der Waals surface area contributed by atoms with Crippen molar-refractivity contribution in [3.8, 4) is 0 Å². The molecule has 0 aromatic carbocycles. The predicted octanol–water partition coefficient (Wildman–Crippen LogP) is -1.29. The van der Waals surface area contributed by atoms with E-state index in [2.05, 4.69) is 11.9 Å². The van der Waals surface area contributed by atoms with Crippen molar-refractivity contribution in [2.45, 2.75) is 49.5 Å². The van der Waals surface area contributed by atoms with E-state index in [1.165, 1.54) is 0 Å². The molecule has 0 bridgehead atoms. The average molecular weight is 325 g/mol. The lowest BCUT2D eigenvalue weighted by Gasteiger charge is -2.36. The van der Waals surface area contributed by atoms with Crippen molar-refractivity contribution in [1.82, 2.24) is 4.90 Å². The first-order chi connectivity index (χ1) is 11.0. The molecule has 0 amide bonds. The van der Waals surface area contributed by atoms with Crippen LogP contribution < -0.4 is 4.57 Å². The number of aromatic nitrogens is 1. The third-order valence-electron chi connectivity index (χ3n) is 4.91. The summed E-state index contributed by atoms with van der Waals surface area (Å²) in [4.78, 5) is 2.28. The van der Waals surface area contributed by atoms with Crippen molar-refractivity contribution in [3.05, 3.63) is 30.1 Å². The van der Waals surface area contributed by atoms with Crippen molar-refractivity contribution < 1.29 is 29.7 Å². The van der Waals surface area contributed by atoms with Crippen LogP contribution in [0.5, 0.6) is 0 Å². The molecular formula is C16H25N2O5+. The Labute approximate surface area is 135 Å². The second kappa shape index (κ2) is 6.80. The Bertz CT molecular complexity index is 541. The number of rotatable bonds is 3. The summed E-state index contributed by atoms with van der Waals surface area (Å²) in [5, 5.41) is 39.3. The summed E-state index contributed by atoms with van der Waals surface area (Å²) in [5.41, 5.74) is 1.12. The normalized spacial score (nSPS) is 38.8. The number of aliphatic hydroxyl groups is 4. The van der Waals surface area contributed by atoms with E-state index < -0.39 is 37.3 Å². The van der Waals surface area contributed by atoms with Gasteiger partial charge in [-0.2, -0.15) is 4.57 Å². The van der Waals surface area contributed by atoms with Crippen molar-refractivity contribution >= 4 is 0 Å². The molecule has 128 valence electrons. The first-order valence-electron chi connectivity index (χ1n) is 8.04. The summed E-state index contributed by atoms with van der Waals surface area (Å²) >= 11 is 0. The van der Waals surface area contributed by atoms with Crippen LogP contribution in [0.15, 0.2) is 24.5 Å². The van der Waals surface area contributed by atoms with Gasteiger partial charge in [0.05, 0.1) is 6.61 Å². The van der Waals surface area contributed by atoms with Crippen molar-refractivity contribution in [3.63, 3.8) is 0 Å². The molecule has 0 spiro atoms. The minimum Gasteiger partial charge on any atom is -0.394 e. The number of pyridine rings is 1. The van der Waals surface area contributed by atoms with E-state index >= 15 is 0 Å². The maximum absolute atomic E-state index is 10.2. The Kier molecular flexibility index (Phi) is 4.96. The second-order valence-electron chi connectivity index (χ2n) is 6.44. The van der Waals surface area contributed by atoms with E-state index in [-0.39, 0.29) is 0 Å². The molecule has 0 aliphatic carbocycles. The van der Waals surface area contributed by atoms with E-state index in [1.807, 2.05) is 18.3 Å². The molecule has 7 nitrogen and oxygen atoms in total. The summed E-state index contributed by atoms with van der Waals surface area (Å²) in [6.45, 7) is 0.632. The number of nitrogens with zero attached hydrogens (tertiary/aromatic N) is 2. The highest BCUT2D eigenvalue weighted by molar-refractivity contribution is 5.13. The number of aliphatic hydroxyl groups excluding tert-OH is 4. The van der Waals surface area contributed by atoms with Gasteiger partial charge < -0.3 is 25.2 Å². The van der Waals surface area contributed by atoms with Crippen LogP contribution in [0.4, 0.5) is 0 Å². The summed E-state index contributed by atoms with van der Waals surface area (Å²) in [6.07, 6.45) is 0.165. The molecule has 0 saturated carbocycles. The average Bonchev–Trinajstić information content (AvgIpc) is 2.99. The largest absolute Gasteiger partial charge is 0.394 e. The first-order valence-corrected chi connectivity index (χ1v) is 8.04. The zero-order valence-electron chi connectivity index (χ0n) is 13.2. The SMILES string of the molecule is CN1CCCC1c1ccc[n+]([C@@H]2O[C@H](CO)[C@@H](O)[C@H](O)[C@H]2O)c1. The van der Waals surface area contributed by atoms with Crippen LogP contribution in [-0.2, 0) is 4.74 Å². The van der Waals surface area contributed by atoms with Crippen LogP contribution in [0, 0.1) is 0 Å². The number of ether oxygens (including phenoxy) is 1. The molecule has 1 unspecified atom stereocenters. The first kappa shape index (κ1) is 16.8. The molecule has 0 radical (unpaired) electrons. The van der Waals surface area contributed by atoms with Gasteiger partial charge >= 0.3 is 0 Å². The maximum Gasteiger partial charge on any atom is 0.292 e. The molecule has 4 N–H and O–H groups in total. The van der Waals surface area contributed by atoms with E-state index in [0.717, 1.165) is 24.9 Å². The minimum atomic E-state index is -1.36. The van der Waals surface area contributed by atoms with Gasteiger partial charge in [0, 0.05) is 17.7 Å². The monoisotopic (exact) mass is 325 g/mol. The third-order valence-corrected chi connectivity index (χ3v) is 4.91. The van der Waals surface area contributed by atoms with Gasteiger partial charge in [-0.3, -0.25) is 4.90 Å². The van der Waals surface area contributed by atoms with Crippen LogP contribution in [-0.4, -0.2) is 69.9 Å². The number of hydrogen-bond donors (Lipinski definition) is 4. The lowest BCUT2D eigenvalue weighted by atomic mass is 9.98. The van der Waals surface area contributed by atoms with Crippen molar-refractivity contribution in [1.29, 1.82) is 0 Å². The van der Waals surface area contributed by atoms with Gasteiger partial charge in [0.25, 0.3) is 6.23 Å². The fourth-order valence-corrected chi connectivity index (χ4v) is 3.53. The Morgan fingerprint density at radius 3 is 2.70 bits per heavy atom. The molecule has 2 aliphatic rings. The fraction of sp³-hybridized carbons (Fsp3) is 0.688. The molecule has 2 aliphatic heterocycles. The van der Waals surface area contributed by atoms with E-state index in [0.29, 0.717) is 6.04 Å². The highest BCUT2D eigenvalue weighted by Crippen LogP contribution is 2.30. The van der Waals surface area contributed by atoms with Crippen molar-refractivity contribution in [2.75, 3.05) is 20.2 Å². The van der Waals surface area contributed by atoms with E-state index in [1.54, 1.807) is 10.8 Å². The maximum atomic E-state index is 10.2. The fourth-order valence-electron chi connectivity index (χ4n) is 3.53. The standard InChI is InChI=1S/C16H25N2O5/c1-17-6-3-5-11(17)10-4-2-7-18(8-10)16-15(22)14(21)13(20)12(9-19)23-16/h2,4,7-8,11-16,19-22H,3,5-6,9H2,1H3/q+1/t11?,12-,13-,14+,15-,16-/m1/s1. The summed E-state index contributed by atoms with van der Waals surface area (Å²) in [6, 6.07) is 4.24.